The summed E-state index contributed by atoms with van der Waals surface area (Å²) in [4.78, 5) is 28.5. The molecule has 9 nitrogen and oxygen atoms in total. The minimum absolute atomic E-state index is 0.0684. The number of carbonyl (C=O) groups excluding carboxylic acids is 2. The van der Waals surface area contributed by atoms with E-state index in [1.54, 1.807) is 37.3 Å². The lowest BCUT2D eigenvalue weighted by molar-refractivity contribution is -0.139. The first-order valence-corrected chi connectivity index (χ1v) is 14.8. The van der Waals surface area contributed by atoms with Gasteiger partial charge in [0.25, 0.3) is 10.0 Å². The predicted molar refractivity (Wildman–Crippen MR) is 160 cm³/mol. The van der Waals surface area contributed by atoms with E-state index in [2.05, 4.69) is 5.32 Å². The number of anilines is 1. The van der Waals surface area contributed by atoms with Crippen molar-refractivity contribution in [2.45, 2.75) is 50.6 Å². The van der Waals surface area contributed by atoms with E-state index in [9.17, 15) is 18.0 Å². The second-order valence-electron chi connectivity index (χ2n) is 10.6. The molecule has 0 heterocycles. The highest BCUT2D eigenvalue weighted by molar-refractivity contribution is 7.92. The fraction of sp³-hybridized carbons (Fsp3) is 0.355. The Morgan fingerprint density at radius 3 is 2.02 bits per heavy atom. The highest BCUT2D eigenvalue weighted by atomic mass is 32.2. The van der Waals surface area contributed by atoms with Crippen molar-refractivity contribution in [2.75, 3.05) is 31.6 Å². The topological polar surface area (TPSA) is 105 Å². The second kappa shape index (κ2) is 13.5. The first-order valence-electron chi connectivity index (χ1n) is 13.3. The van der Waals surface area contributed by atoms with Crippen LogP contribution in [0.5, 0.6) is 11.5 Å². The first kappa shape index (κ1) is 31.5. The zero-order valence-electron chi connectivity index (χ0n) is 24.5. The molecule has 2 amide bonds. The average molecular weight is 582 g/mol. The Morgan fingerprint density at radius 1 is 0.878 bits per heavy atom. The number of amides is 2. The van der Waals surface area contributed by atoms with Crippen LogP contribution in [0.2, 0.25) is 0 Å². The summed E-state index contributed by atoms with van der Waals surface area (Å²) in [6, 6.07) is 21.4. The minimum atomic E-state index is -4.23. The predicted octanol–water partition coefficient (Wildman–Crippen LogP) is 4.27. The number of para-hydroxylation sites is 1. The lowest BCUT2D eigenvalue weighted by Gasteiger charge is -2.33. The number of rotatable bonds is 12. The van der Waals surface area contributed by atoms with Crippen molar-refractivity contribution < 1.29 is 27.5 Å². The van der Waals surface area contributed by atoms with Gasteiger partial charge in [-0.15, -0.1) is 0 Å². The number of hydrogen-bond acceptors (Lipinski definition) is 6. The summed E-state index contributed by atoms with van der Waals surface area (Å²) in [6.07, 6.45) is 0.494. The Hall–Kier alpha value is -4.05. The van der Waals surface area contributed by atoms with E-state index in [0.717, 1.165) is 9.87 Å². The number of sulfonamides is 1. The lowest BCUT2D eigenvalue weighted by atomic mass is 10.1. The Kier molecular flexibility index (Phi) is 10.4. The third kappa shape index (κ3) is 8.23. The number of carbonyl (C=O) groups is 2. The van der Waals surface area contributed by atoms with Gasteiger partial charge in [0.05, 0.1) is 24.8 Å². The summed E-state index contributed by atoms with van der Waals surface area (Å²) in [5.41, 5.74) is 0.795. The molecule has 0 aliphatic heterocycles. The standard InChI is InChI=1S/C31H39N3O6S/c1-23(30(36)32-31(2,3)4)33(20-19-24-13-9-7-10-14-24)29(35)22-34(25-15-11-8-12-16-25)41(37,38)26-17-18-27(39-5)28(21-26)40-6/h7-18,21,23H,19-20,22H2,1-6H3,(H,32,36). The van der Waals surface area contributed by atoms with Gasteiger partial charge in [0.1, 0.15) is 12.6 Å². The van der Waals surface area contributed by atoms with Crippen LogP contribution < -0.4 is 19.1 Å². The molecule has 41 heavy (non-hydrogen) atoms. The number of nitrogens with zero attached hydrogens (tertiary/aromatic N) is 2. The summed E-state index contributed by atoms with van der Waals surface area (Å²) < 4.78 is 39.7. The van der Waals surface area contributed by atoms with E-state index >= 15 is 0 Å². The zero-order chi connectivity index (χ0) is 30.2. The van der Waals surface area contributed by atoms with Gasteiger partial charge >= 0.3 is 0 Å². The molecule has 0 spiro atoms. The maximum Gasteiger partial charge on any atom is 0.264 e. The molecule has 0 aromatic heterocycles. The Balaban J connectivity index is 2.00. The Morgan fingerprint density at radius 2 is 1.46 bits per heavy atom. The van der Waals surface area contributed by atoms with Crippen molar-refractivity contribution in [1.82, 2.24) is 10.2 Å². The summed E-state index contributed by atoms with van der Waals surface area (Å²) in [5, 5.41) is 2.93. The van der Waals surface area contributed by atoms with E-state index in [1.807, 2.05) is 51.1 Å². The zero-order valence-corrected chi connectivity index (χ0v) is 25.3. The molecule has 0 radical (unpaired) electrons. The van der Waals surface area contributed by atoms with E-state index in [-0.39, 0.29) is 23.1 Å². The van der Waals surface area contributed by atoms with Gasteiger partial charge in [-0.3, -0.25) is 13.9 Å². The van der Waals surface area contributed by atoms with Crippen molar-refractivity contribution in [3.05, 3.63) is 84.4 Å². The van der Waals surface area contributed by atoms with Gasteiger partial charge in [-0.05, 0) is 63.9 Å². The molecular weight excluding hydrogens is 542 g/mol. The Bertz CT molecular complexity index is 1420. The number of benzene rings is 3. The molecule has 1 N–H and O–H groups in total. The van der Waals surface area contributed by atoms with Crippen LogP contribution in [0.1, 0.15) is 33.3 Å². The van der Waals surface area contributed by atoms with Gasteiger partial charge in [0, 0.05) is 18.2 Å². The Labute approximate surface area is 243 Å². The molecule has 0 aliphatic carbocycles. The molecule has 0 bridgehead atoms. The van der Waals surface area contributed by atoms with Gasteiger partial charge in [-0.2, -0.15) is 0 Å². The van der Waals surface area contributed by atoms with Gasteiger partial charge < -0.3 is 19.7 Å². The number of methoxy groups -OCH3 is 2. The first-order chi connectivity index (χ1) is 19.4. The molecule has 3 aromatic rings. The van der Waals surface area contributed by atoms with Crippen LogP contribution in [0.3, 0.4) is 0 Å². The van der Waals surface area contributed by atoms with Gasteiger partial charge in [0.15, 0.2) is 11.5 Å². The molecule has 1 atom stereocenters. The SMILES string of the molecule is COc1ccc(S(=O)(=O)N(CC(=O)N(CCc2ccccc2)C(C)C(=O)NC(C)(C)C)c2ccccc2)cc1OC. The van der Waals surface area contributed by atoms with E-state index < -0.39 is 34.1 Å². The van der Waals surface area contributed by atoms with E-state index in [0.29, 0.717) is 17.9 Å². The van der Waals surface area contributed by atoms with Crippen LogP contribution in [-0.4, -0.2) is 64.0 Å². The largest absolute Gasteiger partial charge is 0.493 e. The highest BCUT2D eigenvalue weighted by Crippen LogP contribution is 2.32. The van der Waals surface area contributed by atoms with E-state index in [1.165, 1.54) is 37.3 Å². The third-order valence-corrected chi connectivity index (χ3v) is 8.19. The highest BCUT2D eigenvalue weighted by Gasteiger charge is 2.33. The fourth-order valence-corrected chi connectivity index (χ4v) is 5.70. The summed E-state index contributed by atoms with van der Waals surface area (Å²) >= 11 is 0. The van der Waals surface area contributed by atoms with Crippen molar-refractivity contribution in [3.63, 3.8) is 0 Å². The van der Waals surface area contributed by atoms with Crippen molar-refractivity contribution in [1.29, 1.82) is 0 Å². The van der Waals surface area contributed by atoms with Crippen LogP contribution in [-0.2, 0) is 26.0 Å². The molecule has 220 valence electrons. The van der Waals surface area contributed by atoms with Crippen LogP contribution in [0.4, 0.5) is 5.69 Å². The van der Waals surface area contributed by atoms with Gasteiger partial charge in [-0.1, -0.05) is 48.5 Å². The molecule has 1 unspecified atom stereocenters. The van der Waals surface area contributed by atoms with Crippen LogP contribution in [0.25, 0.3) is 0 Å². The van der Waals surface area contributed by atoms with E-state index in [4.69, 9.17) is 9.47 Å². The average Bonchev–Trinajstić information content (AvgIpc) is 2.95. The number of hydrogen-bond donors (Lipinski definition) is 1. The molecule has 3 aromatic carbocycles. The van der Waals surface area contributed by atoms with Crippen LogP contribution >= 0.6 is 0 Å². The van der Waals surface area contributed by atoms with Crippen molar-refractivity contribution in [2.24, 2.45) is 0 Å². The monoisotopic (exact) mass is 581 g/mol. The smallest absolute Gasteiger partial charge is 0.264 e. The van der Waals surface area contributed by atoms with Gasteiger partial charge in [0.2, 0.25) is 11.8 Å². The van der Waals surface area contributed by atoms with Crippen molar-refractivity contribution in [3.8, 4) is 11.5 Å². The normalized spacial score (nSPS) is 12.2. The number of ether oxygens (including phenoxy) is 2. The number of nitrogens with one attached hydrogen (secondary N) is 1. The summed E-state index contributed by atoms with van der Waals surface area (Å²) in [5.74, 6) is -0.220. The molecule has 0 aliphatic rings. The maximum atomic E-state index is 14.0. The maximum absolute atomic E-state index is 14.0. The van der Waals surface area contributed by atoms with Crippen LogP contribution in [0, 0.1) is 0 Å². The van der Waals surface area contributed by atoms with Gasteiger partial charge in [-0.25, -0.2) is 8.42 Å². The summed E-state index contributed by atoms with van der Waals surface area (Å²) in [6.45, 7) is 6.95. The van der Waals surface area contributed by atoms with Crippen LogP contribution in [0.15, 0.2) is 83.8 Å². The molecule has 3 rings (SSSR count). The third-order valence-electron chi connectivity index (χ3n) is 6.42. The molecule has 0 saturated heterocycles. The quantitative estimate of drug-likeness (QED) is 0.343. The molecular formula is C31H39N3O6S. The van der Waals surface area contributed by atoms with Crippen molar-refractivity contribution >= 4 is 27.5 Å². The molecule has 0 fully saturated rings. The second-order valence-corrected chi connectivity index (χ2v) is 12.5. The molecule has 0 saturated carbocycles. The molecule has 10 heteroatoms. The fourth-order valence-electron chi connectivity index (χ4n) is 4.27. The minimum Gasteiger partial charge on any atom is -0.493 e. The lowest BCUT2D eigenvalue weighted by Crippen LogP contribution is -2.55. The summed E-state index contributed by atoms with van der Waals surface area (Å²) in [7, 11) is -1.35.